The van der Waals surface area contributed by atoms with Crippen molar-refractivity contribution in [2.45, 2.75) is 6.54 Å². The lowest BCUT2D eigenvalue weighted by atomic mass is 10.2. The molecule has 1 fully saturated rings. The SMILES string of the molecule is Cl.O=C(O)N1CCN(Cc2ccccc2)CC1. The summed E-state index contributed by atoms with van der Waals surface area (Å²) in [6.07, 6.45) is -0.806. The van der Waals surface area contributed by atoms with E-state index in [2.05, 4.69) is 17.0 Å². The zero-order chi connectivity index (χ0) is 11.4. The molecule has 1 aromatic carbocycles. The number of piperazine rings is 1. The van der Waals surface area contributed by atoms with Crippen LogP contribution in [0, 0.1) is 0 Å². The molecule has 1 aliphatic rings. The maximum Gasteiger partial charge on any atom is 0.407 e. The summed E-state index contributed by atoms with van der Waals surface area (Å²) in [6.45, 7) is 3.78. The van der Waals surface area contributed by atoms with E-state index in [9.17, 15) is 4.79 Å². The maximum atomic E-state index is 10.7. The molecule has 4 nitrogen and oxygen atoms in total. The highest BCUT2D eigenvalue weighted by atomic mass is 35.5. The normalized spacial score (nSPS) is 16.4. The second-order valence-corrected chi connectivity index (χ2v) is 4.03. The van der Waals surface area contributed by atoms with E-state index in [1.165, 1.54) is 10.5 Å². The first kappa shape index (κ1) is 13.8. The van der Waals surface area contributed by atoms with Gasteiger partial charge < -0.3 is 10.0 Å². The van der Waals surface area contributed by atoms with Crippen LogP contribution in [0.2, 0.25) is 0 Å². The second-order valence-electron chi connectivity index (χ2n) is 4.03. The van der Waals surface area contributed by atoms with E-state index in [4.69, 9.17) is 5.11 Å². The molecule has 0 saturated carbocycles. The van der Waals surface area contributed by atoms with E-state index >= 15 is 0 Å². The topological polar surface area (TPSA) is 43.8 Å². The van der Waals surface area contributed by atoms with Crippen LogP contribution in [0.4, 0.5) is 4.79 Å². The standard InChI is InChI=1S/C12H16N2O2.ClH/c15-12(16)14-8-6-13(7-9-14)10-11-4-2-1-3-5-11;/h1-5H,6-10H2,(H,15,16);1H. The van der Waals surface area contributed by atoms with E-state index < -0.39 is 6.09 Å². The molecule has 0 aromatic heterocycles. The summed E-state index contributed by atoms with van der Waals surface area (Å²) in [6, 6.07) is 10.3. The Kier molecular flexibility index (Phi) is 5.25. The highest BCUT2D eigenvalue weighted by Crippen LogP contribution is 2.08. The Labute approximate surface area is 107 Å². The van der Waals surface area contributed by atoms with Crippen LogP contribution in [-0.2, 0) is 6.54 Å². The molecule has 0 bridgehead atoms. The highest BCUT2D eigenvalue weighted by molar-refractivity contribution is 5.85. The van der Waals surface area contributed by atoms with E-state index in [0.717, 1.165) is 19.6 Å². The zero-order valence-corrected chi connectivity index (χ0v) is 10.4. The molecule has 1 heterocycles. The number of carboxylic acid groups (broad SMARTS) is 1. The second kappa shape index (κ2) is 6.47. The van der Waals surface area contributed by atoms with Crippen molar-refractivity contribution in [1.29, 1.82) is 0 Å². The minimum atomic E-state index is -0.806. The monoisotopic (exact) mass is 256 g/mol. The molecule has 1 aromatic rings. The number of hydrogen-bond acceptors (Lipinski definition) is 2. The molecule has 0 radical (unpaired) electrons. The summed E-state index contributed by atoms with van der Waals surface area (Å²) < 4.78 is 0. The van der Waals surface area contributed by atoms with Crippen LogP contribution in [0.5, 0.6) is 0 Å². The van der Waals surface area contributed by atoms with Crippen LogP contribution in [0.25, 0.3) is 0 Å². The minimum Gasteiger partial charge on any atom is -0.465 e. The summed E-state index contributed by atoms with van der Waals surface area (Å²) in [4.78, 5) is 14.5. The Hall–Kier alpha value is -1.26. The van der Waals surface area contributed by atoms with E-state index in [0.29, 0.717) is 13.1 Å². The van der Waals surface area contributed by atoms with Gasteiger partial charge in [0.1, 0.15) is 0 Å². The first-order chi connectivity index (χ1) is 7.75. The van der Waals surface area contributed by atoms with Gasteiger partial charge in [-0.3, -0.25) is 4.90 Å². The lowest BCUT2D eigenvalue weighted by Crippen LogP contribution is -2.47. The molecule has 0 aliphatic carbocycles. The number of amides is 1. The largest absolute Gasteiger partial charge is 0.465 e. The molecular weight excluding hydrogens is 240 g/mol. The van der Waals surface area contributed by atoms with Crippen molar-refractivity contribution in [2.24, 2.45) is 0 Å². The van der Waals surface area contributed by atoms with E-state index in [1.54, 1.807) is 0 Å². The van der Waals surface area contributed by atoms with Crippen LogP contribution in [0.1, 0.15) is 5.56 Å². The Morgan fingerprint density at radius 2 is 1.71 bits per heavy atom. The molecule has 0 spiro atoms. The number of carbonyl (C=O) groups is 1. The third-order valence-electron chi connectivity index (χ3n) is 2.89. The number of hydrogen-bond donors (Lipinski definition) is 1. The van der Waals surface area contributed by atoms with Crippen LogP contribution >= 0.6 is 12.4 Å². The number of nitrogens with zero attached hydrogens (tertiary/aromatic N) is 2. The Morgan fingerprint density at radius 1 is 1.12 bits per heavy atom. The van der Waals surface area contributed by atoms with Gasteiger partial charge >= 0.3 is 6.09 Å². The first-order valence-corrected chi connectivity index (χ1v) is 5.50. The highest BCUT2D eigenvalue weighted by Gasteiger charge is 2.19. The van der Waals surface area contributed by atoms with E-state index in [-0.39, 0.29) is 12.4 Å². The number of halogens is 1. The van der Waals surface area contributed by atoms with Gasteiger partial charge in [-0.2, -0.15) is 0 Å². The molecule has 1 aliphatic heterocycles. The average Bonchev–Trinajstić information content (AvgIpc) is 2.31. The third-order valence-corrected chi connectivity index (χ3v) is 2.89. The molecule has 17 heavy (non-hydrogen) atoms. The Morgan fingerprint density at radius 3 is 2.24 bits per heavy atom. The van der Waals surface area contributed by atoms with Crippen LogP contribution in [0.15, 0.2) is 30.3 Å². The van der Waals surface area contributed by atoms with Gasteiger partial charge in [0.2, 0.25) is 0 Å². The fourth-order valence-corrected chi connectivity index (χ4v) is 1.94. The average molecular weight is 257 g/mol. The van der Waals surface area contributed by atoms with Crippen molar-refractivity contribution in [3.63, 3.8) is 0 Å². The lowest BCUT2D eigenvalue weighted by molar-refractivity contribution is 0.103. The number of benzene rings is 1. The van der Waals surface area contributed by atoms with Crippen molar-refractivity contribution >= 4 is 18.5 Å². The van der Waals surface area contributed by atoms with Gasteiger partial charge in [0, 0.05) is 32.7 Å². The van der Waals surface area contributed by atoms with Crippen LogP contribution in [-0.4, -0.2) is 47.2 Å². The number of rotatable bonds is 2. The molecular formula is C12H17ClN2O2. The fourth-order valence-electron chi connectivity index (χ4n) is 1.94. The van der Waals surface area contributed by atoms with E-state index in [1.807, 2.05) is 18.2 Å². The molecule has 2 rings (SSSR count). The van der Waals surface area contributed by atoms with Gasteiger partial charge in [-0.1, -0.05) is 30.3 Å². The maximum absolute atomic E-state index is 10.7. The van der Waals surface area contributed by atoms with Crippen molar-refractivity contribution < 1.29 is 9.90 Å². The molecule has 1 N–H and O–H groups in total. The Bertz CT molecular complexity index is 351. The summed E-state index contributed by atoms with van der Waals surface area (Å²) in [5.41, 5.74) is 1.28. The molecule has 94 valence electrons. The van der Waals surface area contributed by atoms with Crippen molar-refractivity contribution in [2.75, 3.05) is 26.2 Å². The minimum absolute atomic E-state index is 0. The fraction of sp³-hybridized carbons (Fsp3) is 0.417. The quantitative estimate of drug-likeness (QED) is 0.879. The molecule has 1 saturated heterocycles. The van der Waals surface area contributed by atoms with Crippen LogP contribution < -0.4 is 0 Å². The van der Waals surface area contributed by atoms with Gasteiger partial charge in [0.05, 0.1) is 0 Å². The van der Waals surface area contributed by atoms with Gasteiger partial charge in [0.15, 0.2) is 0 Å². The van der Waals surface area contributed by atoms with Crippen LogP contribution in [0.3, 0.4) is 0 Å². The molecule has 0 unspecified atom stereocenters. The van der Waals surface area contributed by atoms with Crippen molar-refractivity contribution in [1.82, 2.24) is 9.80 Å². The molecule has 5 heteroatoms. The van der Waals surface area contributed by atoms with Crippen molar-refractivity contribution in [3.8, 4) is 0 Å². The predicted molar refractivity (Wildman–Crippen MR) is 68.6 cm³/mol. The van der Waals surface area contributed by atoms with Gasteiger partial charge in [-0.05, 0) is 5.56 Å². The summed E-state index contributed by atoms with van der Waals surface area (Å²) in [7, 11) is 0. The summed E-state index contributed by atoms with van der Waals surface area (Å²) >= 11 is 0. The lowest BCUT2D eigenvalue weighted by Gasteiger charge is -2.33. The summed E-state index contributed by atoms with van der Waals surface area (Å²) in [5.74, 6) is 0. The smallest absolute Gasteiger partial charge is 0.407 e. The Balaban J connectivity index is 0.00000144. The van der Waals surface area contributed by atoms with Gasteiger partial charge in [-0.15, -0.1) is 12.4 Å². The third kappa shape index (κ3) is 3.91. The zero-order valence-electron chi connectivity index (χ0n) is 9.58. The van der Waals surface area contributed by atoms with Crippen molar-refractivity contribution in [3.05, 3.63) is 35.9 Å². The summed E-state index contributed by atoms with van der Waals surface area (Å²) in [5, 5.41) is 8.82. The predicted octanol–water partition coefficient (Wildman–Crippen LogP) is 1.90. The first-order valence-electron chi connectivity index (χ1n) is 5.50. The van der Waals surface area contributed by atoms with Gasteiger partial charge in [0.25, 0.3) is 0 Å². The molecule has 1 amide bonds. The molecule has 0 atom stereocenters. The van der Waals surface area contributed by atoms with Gasteiger partial charge in [-0.25, -0.2) is 4.79 Å².